The lowest BCUT2D eigenvalue weighted by Gasteiger charge is -2.39. The van der Waals surface area contributed by atoms with E-state index in [-0.39, 0.29) is 17.9 Å². The average molecular weight is 641 g/mol. The number of benzene rings is 3. The van der Waals surface area contributed by atoms with Crippen molar-refractivity contribution in [3.8, 4) is 0 Å². The Morgan fingerprint density at radius 2 is 1.37 bits per heavy atom. The molecule has 1 aliphatic heterocycles. The van der Waals surface area contributed by atoms with E-state index in [1.54, 1.807) is 60.7 Å². The molecule has 0 fully saturated rings. The maximum absolute atomic E-state index is 14.9. The molecule has 178 valence electrons. The molecule has 0 aliphatic carbocycles. The van der Waals surface area contributed by atoms with Crippen molar-refractivity contribution in [3.05, 3.63) is 126 Å². The van der Waals surface area contributed by atoms with Crippen LogP contribution in [0.25, 0.3) is 0 Å². The summed E-state index contributed by atoms with van der Waals surface area (Å²) in [5, 5.41) is 0.927. The number of fused-ring (bicyclic) bond motifs is 1. The van der Waals surface area contributed by atoms with E-state index in [1.807, 2.05) is 22.6 Å². The first-order valence-corrected chi connectivity index (χ1v) is 13.6. The predicted molar refractivity (Wildman–Crippen MR) is 143 cm³/mol. The topological polar surface area (TPSA) is 59.4 Å². The number of rotatable bonds is 4. The van der Waals surface area contributed by atoms with Crippen LogP contribution >= 0.6 is 45.8 Å². The minimum atomic E-state index is -4.51. The van der Waals surface area contributed by atoms with E-state index in [1.165, 1.54) is 22.8 Å². The van der Waals surface area contributed by atoms with Gasteiger partial charge in [-0.25, -0.2) is 17.1 Å². The first-order valence-electron chi connectivity index (χ1n) is 10.4. The predicted octanol–water partition coefficient (Wildman–Crippen LogP) is 6.05. The van der Waals surface area contributed by atoms with Crippen LogP contribution in [0.4, 0.5) is 10.2 Å². The molecule has 5 nitrogen and oxygen atoms in total. The Labute approximate surface area is 224 Å². The molecule has 0 N–H and O–H groups in total. The molecule has 5 rings (SSSR count). The van der Waals surface area contributed by atoms with Crippen molar-refractivity contribution >= 4 is 61.6 Å². The quantitative estimate of drug-likeness (QED) is 0.255. The summed E-state index contributed by atoms with van der Waals surface area (Å²) in [6, 6.07) is 21.8. The monoisotopic (exact) mass is 640 g/mol. The van der Waals surface area contributed by atoms with Crippen molar-refractivity contribution in [2.75, 3.05) is 4.31 Å². The number of hydrogen-bond donors (Lipinski definition) is 0. The van der Waals surface area contributed by atoms with Gasteiger partial charge in [-0.2, -0.15) is 0 Å². The van der Waals surface area contributed by atoms with Gasteiger partial charge in [0.1, 0.15) is 22.1 Å². The fourth-order valence-electron chi connectivity index (χ4n) is 4.48. The number of hydrogen-bond acceptors (Lipinski definition) is 3. The van der Waals surface area contributed by atoms with Crippen molar-refractivity contribution in [1.82, 2.24) is 4.57 Å². The smallest absolute Gasteiger partial charge is 0.269 e. The number of pyridine rings is 1. The van der Waals surface area contributed by atoms with Gasteiger partial charge < -0.3 is 0 Å². The molecule has 1 aliphatic rings. The van der Waals surface area contributed by atoms with Crippen LogP contribution in [0, 0.1) is 9.39 Å². The molecule has 0 radical (unpaired) electrons. The highest BCUT2D eigenvalue weighted by Gasteiger charge is 2.53. The minimum Gasteiger partial charge on any atom is -0.290 e. The largest absolute Gasteiger partial charge is 0.290 e. The van der Waals surface area contributed by atoms with Gasteiger partial charge in [0.25, 0.3) is 15.6 Å². The van der Waals surface area contributed by atoms with E-state index in [9.17, 15) is 17.6 Å². The second-order valence-corrected chi connectivity index (χ2v) is 11.8. The zero-order valence-electron chi connectivity index (χ0n) is 17.8. The minimum absolute atomic E-state index is 0.0328. The van der Waals surface area contributed by atoms with E-state index in [4.69, 9.17) is 23.2 Å². The maximum Gasteiger partial charge on any atom is 0.269 e. The number of nitrogens with zero attached hydrogens (tertiary/aromatic N) is 2. The Morgan fingerprint density at radius 1 is 0.829 bits per heavy atom. The Hall–Kier alpha value is -2.40. The fourth-order valence-corrected chi connectivity index (χ4v) is 7.05. The van der Waals surface area contributed by atoms with Crippen molar-refractivity contribution in [3.63, 3.8) is 0 Å². The standard InChI is InChI=1S/C25H16Cl2FIN2O3S/c26-18-9-5-16(6-10-18)25(17-7-11-19(27)12-8-17)15-30-23(14-13-21(29)24(30)32)31(25)35(33,34)22-4-2-1-3-20(22)28/h1-14H,15H2. The normalized spacial score (nSPS) is 14.7. The summed E-state index contributed by atoms with van der Waals surface area (Å²) in [7, 11) is -4.51. The van der Waals surface area contributed by atoms with Crippen LogP contribution in [0.2, 0.25) is 10.0 Å². The van der Waals surface area contributed by atoms with Crippen LogP contribution < -0.4 is 9.86 Å². The SMILES string of the molecule is O=c1c(I)ccc2n1CC(c1ccc(Cl)cc1)(c1ccc(Cl)cc1)N2S(=O)(=O)c1ccccc1F. The molecule has 0 bridgehead atoms. The van der Waals surface area contributed by atoms with Crippen LogP contribution in [-0.4, -0.2) is 13.0 Å². The van der Waals surface area contributed by atoms with Gasteiger partial charge in [-0.1, -0.05) is 59.6 Å². The van der Waals surface area contributed by atoms with Gasteiger partial charge in [-0.05, 0) is 82.2 Å². The maximum atomic E-state index is 14.9. The van der Waals surface area contributed by atoms with Crippen molar-refractivity contribution in [2.24, 2.45) is 0 Å². The van der Waals surface area contributed by atoms with E-state index in [0.717, 1.165) is 10.4 Å². The lowest BCUT2D eigenvalue weighted by Crippen LogP contribution is -2.48. The molecule has 4 aromatic rings. The Morgan fingerprint density at radius 3 is 1.91 bits per heavy atom. The van der Waals surface area contributed by atoms with Gasteiger partial charge in [0.2, 0.25) is 0 Å². The van der Waals surface area contributed by atoms with E-state index in [0.29, 0.717) is 24.7 Å². The van der Waals surface area contributed by atoms with Crippen LogP contribution in [0.3, 0.4) is 0 Å². The molecular formula is C25H16Cl2FIN2O3S. The van der Waals surface area contributed by atoms with Crippen molar-refractivity contribution < 1.29 is 12.8 Å². The molecule has 0 atom stereocenters. The zero-order chi connectivity index (χ0) is 25.0. The molecule has 10 heteroatoms. The molecule has 0 saturated carbocycles. The summed E-state index contributed by atoms with van der Waals surface area (Å²) in [5.41, 5.74) is -0.654. The van der Waals surface area contributed by atoms with E-state index >= 15 is 0 Å². The summed E-state index contributed by atoms with van der Waals surface area (Å²) >= 11 is 14.2. The highest BCUT2D eigenvalue weighted by atomic mass is 127. The Kier molecular flexibility index (Phi) is 6.19. The Bertz CT molecular complexity index is 1560. The van der Waals surface area contributed by atoms with E-state index in [2.05, 4.69) is 0 Å². The van der Waals surface area contributed by atoms with Gasteiger partial charge in [-0.15, -0.1) is 0 Å². The molecule has 35 heavy (non-hydrogen) atoms. The zero-order valence-corrected chi connectivity index (χ0v) is 22.3. The van der Waals surface area contributed by atoms with Crippen LogP contribution in [0.1, 0.15) is 11.1 Å². The van der Waals surface area contributed by atoms with Gasteiger partial charge in [0, 0.05) is 10.0 Å². The lowest BCUT2D eigenvalue weighted by molar-refractivity contribution is 0.489. The van der Waals surface area contributed by atoms with Crippen molar-refractivity contribution in [2.45, 2.75) is 17.0 Å². The highest BCUT2D eigenvalue weighted by molar-refractivity contribution is 14.1. The molecule has 3 aromatic carbocycles. The van der Waals surface area contributed by atoms with Crippen LogP contribution in [-0.2, 0) is 22.1 Å². The number of aromatic nitrogens is 1. The fraction of sp³-hybridized carbons (Fsp3) is 0.0800. The second-order valence-electron chi connectivity index (χ2n) is 8.00. The third kappa shape index (κ3) is 3.87. The molecule has 2 heterocycles. The van der Waals surface area contributed by atoms with Gasteiger partial charge in [0.15, 0.2) is 0 Å². The van der Waals surface area contributed by atoms with Crippen LogP contribution in [0.5, 0.6) is 0 Å². The lowest BCUT2D eigenvalue weighted by atomic mass is 9.83. The average Bonchev–Trinajstić information content (AvgIpc) is 3.20. The first-order chi connectivity index (χ1) is 16.7. The summed E-state index contributed by atoms with van der Waals surface area (Å²) < 4.78 is 46.3. The molecule has 0 amide bonds. The molecule has 0 spiro atoms. The van der Waals surface area contributed by atoms with Crippen molar-refractivity contribution in [1.29, 1.82) is 0 Å². The van der Waals surface area contributed by atoms with Crippen LogP contribution in [0.15, 0.2) is 94.6 Å². The second kappa shape index (κ2) is 8.92. The molecule has 0 unspecified atom stereocenters. The summed E-state index contributed by atoms with van der Waals surface area (Å²) in [4.78, 5) is 12.7. The summed E-state index contributed by atoms with van der Waals surface area (Å²) in [5.74, 6) is -0.761. The number of halogens is 4. The first kappa shape index (κ1) is 24.3. The molecule has 1 aromatic heterocycles. The third-order valence-corrected chi connectivity index (χ3v) is 9.24. The Balaban J connectivity index is 1.92. The highest BCUT2D eigenvalue weighted by Crippen LogP contribution is 2.49. The van der Waals surface area contributed by atoms with Gasteiger partial charge in [-0.3, -0.25) is 9.36 Å². The third-order valence-electron chi connectivity index (χ3n) is 6.04. The van der Waals surface area contributed by atoms with Gasteiger partial charge >= 0.3 is 0 Å². The number of sulfonamides is 1. The van der Waals surface area contributed by atoms with E-state index < -0.39 is 26.3 Å². The number of anilines is 1. The molecular weight excluding hydrogens is 625 g/mol. The molecule has 0 saturated heterocycles. The van der Waals surface area contributed by atoms with Gasteiger partial charge in [0.05, 0.1) is 10.1 Å². The summed E-state index contributed by atoms with van der Waals surface area (Å²) in [6.07, 6.45) is 0. The summed E-state index contributed by atoms with van der Waals surface area (Å²) in [6.45, 7) is -0.0328.